The molecule has 25 heavy (non-hydrogen) atoms. The standard InChI is InChI=1S/C16H17FN4O3S/c17-12-7-10(2-1-4-20-25(23)24)6-11(8-12)15(22)14-9-18-16-13(14)3-5-19-21-16/h3,5-9,13,16,18,20H,1-2,4H2,(H,23,24)/p-1. The molecular formula is C16H16FN4O3S-. The van der Waals surface area contributed by atoms with E-state index in [-0.39, 0.29) is 30.0 Å². The van der Waals surface area contributed by atoms with Crippen LogP contribution in [-0.2, 0) is 17.7 Å². The quantitative estimate of drug-likeness (QED) is 0.437. The predicted molar refractivity (Wildman–Crippen MR) is 88.5 cm³/mol. The first-order valence-electron chi connectivity index (χ1n) is 7.74. The van der Waals surface area contributed by atoms with E-state index in [4.69, 9.17) is 0 Å². The molecule has 1 aromatic carbocycles. The van der Waals surface area contributed by atoms with Crippen LogP contribution >= 0.6 is 0 Å². The Hall–Kier alpha value is -2.23. The first-order valence-corrected chi connectivity index (χ1v) is 8.82. The van der Waals surface area contributed by atoms with Crippen LogP contribution in [0.3, 0.4) is 0 Å². The number of ketones is 1. The van der Waals surface area contributed by atoms with Gasteiger partial charge < -0.3 is 9.87 Å². The van der Waals surface area contributed by atoms with Gasteiger partial charge in [0, 0.05) is 41.3 Å². The Morgan fingerprint density at radius 1 is 1.40 bits per heavy atom. The second-order valence-corrected chi connectivity index (χ2v) is 6.48. The van der Waals surface area contributed by atoms with E-state index >= 15 is 0 Å². The van der Waals surface area contributed by atoms with Gasteiger partial charge in [0.1, 0.15) is 12.0 Å². The number of Topliss-reactive ketones (excluding diaryl/α,β-unsaturated/α-hetero) is 1. The van der Waals surface area contributed by atoms with Crippen LogP contribution in [0.4, 0.5) is 4.39 Å². The Morgan fingerprint density at radius 3 is 3.04 bits per heavy atom. The van der Waals surface area contributed by atoms with Gasteiger partial charge in [0.05, 0.1) is 5.92 Å². The van der Waals surface area contributed by atoms with Crippen LogP contribution < -0.4 is 10.0 Å². The van der Waals surface area contributed by atoms with E-state index in [1.54, 1.807) is 24.5 Å². The molecule has 0 spiro atoms. The number of halogens is 1. The van der Waals surface area contributed by atoms with Crippen molar-refractivity contribution in [1.29, 1.82) is 0 Å². The molecule has 7 nitrogen and oxygen atoms in total. The summed E-state index contributed by atoms with van der Waals surface area (Å²) in [4.78, 5) is 12.8. The molecule has 0 aliphatic carbocycles. The highest BCUT2D eigenvalue weighted by atomic mass is 32.2. The maximum Gasteiger partial charge on any atom is 0.191 e. The Bertz CT molecular complexity index is 794. The summed E-state index contributed by atoms with van der Waals surface area (Å²) in [6, 6.07) is 4.20. The molecule has 2 aliphatic heterocycles. The number of aryl methyl sites for hydroxylation is 1. The second-order valence-electron chi connectivity index (χ2n) is 5.72. The number of fused-ring (bicyclic) bond motifs is 1. The minimum Gasteiger partial charge on any atom is -0.760 e. The third-order valence-corrected chi connectivity index (χ3v) is 4.44. The minimum absolute atomic E-state index is 0.215. The fraction of sp³-hybridized carbons (Fsp3) is 0.312. The van der Waals surface area contributed by atoms with Crippen molar-refractivity contribution in [2.24, 2.45) is 16.1 Å². The molecule has 0 bridgehead atoms. The first-order chi connectivity index (χ1) is 12.0. The number of benzene rings is 1. The van der Waals surface area contributed by atoms with E-state index in [1.165, 1.54) is 12.1 Å². The van der Waals surface area contributed by atoms with E-state index in [0.29, 0.717) is 24.0 Å². The first kappa shape index (κ1) is 17.6. The van der Waals surface area contributed by atoms with Crippen molar-refractivity contribution < 1.29 is 17.9 Å². The van der Waals surface area contributed by atoms with Crippen LogP contribution in [0.1, 0.15) is 22.3 Å². The predicted octanol–water partition coefficient (Wildman–Crippen LogP) is 1.73. The molecule has 1 aromatic rings. The Labute approximate surface area is 146 Å². The largest absolute Gasteiger partial charge is 0.760 e. The zero-order chi connectivity index (χ0) is 17.8. The van der Waals surface area contributed by atoms with Gasteiger partial charge in [-0.25, -0.2) is 9.11 Å². The lowest BCUT2D eigenvalue weighted by Crippen LogP contribution is -2.26. The number of nitrogens with zero attached hydrogens (tertiary/aromatic N) is 2. The number of hydrogen-bond acceptors (Lipinski definition) is 6. The molecule has 3 unspecified atom stereocenters. The van der Waals surface area contributed by atoms with Gasteiger partial charge in [-0.15, -0.1) is 0 Å². The summed E-state index contributed by atoms with van der Waals surface area (Å²) >= 11 is -2.31. The summed E-state index contributed by atoms with van der Waals surface area (Å²) in [6.45, 7) is 0.254. The van der Waals surface area contributed by atoms with Gasteiger partial charge in [-0.1, -0.05) is 6.08 Å². The van der Waals surface area contributed by atoms with Gasteiger partial charge in [-0.3, -0.25) is 9.00 Å². The monoisotopic (exact) mass is 363 g/mol. The van der Waals surface area contributed by atoms with E-state index in [2.05, 4.69) is 20.3 Å². The lowest BCUT2D eigenvalue weighted by Gasteiger charge is -2.16. The summed E-state index contributed by atoms with van der Waals surface area (Å²) in [5.74, 6) is -0.975. The smallest absolute Gasteiger partial charge is 0.191 e. The SMILES string of the molecule is O=C(C1=CNC2N=NC=CC12)c1cc(F)cc(CCCNS(=O)[O-])c1. The highest BCUT2D eigenvalue weighted by molar-refractivity contribution is 7.77. The molecule has 2 N–H and O–H groups in total. The van der Waals surface area contributed by atoms with Crippen molar-refractivity contribution in [2.45, 2.75) is 19.0 Å². The van der Waals surface area contributed by atoms with Gasteiger partial charge in [-0.05, 0) is 36.6 Å². The number of carbonyl (C=O) groups is 1. The molecule has 0 fully saturated rings. The topological polar surface area (TPSA) is 106 Å². The fourth-order valence-electron chi connectivity index (χ4n) is 2.86. The number of hydrogen-bond donors (Lipinski definition) is 2. The van der Waals surface area contributed by atoms with E-state index in [1.807, 2.05) is 0 Å². The summed E-state index contributed by atoms with van der Waals surface area (Å²) in [6.07, 6.45) is 5.60. The van der Waals surface area contributed by atoms with Crippen LogP contribution in [-0.4, -0.2) is 27.3 Å². The second kappa shape index (κ2) is 7.77. The molecule has 9 heteroatoms. The Balaban J connectivity index is 1.71. The zero-order valence-electron chi connectivity index (χ0n) is 13.1. The summed E-state index contributed by atoms with van der Waals surface area (Å²) in [5.41, 5.74) is 1.42. The summed E-state index contributed by atoms with van der Waals surface area (Å²) in [5, 5.41) is 10.8. The van der Waals surface area contributed by atoms with Crippen molar-refractivity contribution in [3.05, 3.63) is 59.2 Å². The highest BCUT2D eigenvalue weighted by Crippen LogP contribution is 2.29. The molecule has 0 saturated heterocycles. The van der Waals surface area contributed by atoms with Gasteiger partial charge >= 0.3 is 0 Å². The number of rotatable bonds is 7. The molecule has 3 rings (SSSR count). The number of nitrogens with one attached hydrogen (secondary N) is 2. The Kier molecular flexibility index (Phi) is 5.47. The molecular weight excluding hydrogens is 347 g/mol. The van der Waals surface area contributed by atoms with Gasteiger partial charge in [0.15, 0.2) is 5.78 Å². The van der Waals surface area contributed by atoms with E-state index < -0.39 is 17.1 Å². The molecule has 3 atom stereocenters. The zero-order valence-corrected chi connectivity index (χ0v) is 14.0. The molecule has 0 amide bonds. The van der Waals surface area contributed by atoms with Gasteiger partial charge in [0.2, 0.25) is 0 Å². The summed E-state index contributed by atoms with van der Waals surface area (Å²) < 4.78 is 37.0. The van der Waals surface area contributed by atoms with Gasteiger partial charge in [0.25, 0.3) is 0 Å². The third kappa shape index (κ3) is 4.25. The van der Waals surface area contributed by atoms with Crippen molar-refractivity contribution in [3.8, 4) is 0 Å². The van der Waals surface area contributed by atoms with Crippen molar-refractivity contribution in [1.82, 2.24) is 10.0 Å². The van der Waals surface area contributed by atoms with Crippen molar-refractivity contribution in [2.75, 3.05) is 6.54 Å². The van der Waals surface area contributed by atoms with Crippen molar-refractivity contribution in [3.63, 3.8) is 0 Å². The number of carbonyl (C=O) groups excluding carboxylic acids is 1. The molecule has 0 radical (unpaired) electrons. The van der Waals surface area contributed by atoms with Gasteiger partial charge in [-0.2, -0.15) is 10.2 Å². The van der Waals surface area contributed by atoms with Crippen LogP contribution in [0, 0.1) is 11.7 Å². The highest BCUT2D eigenvalue weighted by Gasteiger charge is 2.33. The summed E-state index contributed by atoms with van der Waals surface area (Å²) in [7, 11) is 0. The van der Waals surface area contributed by atoms with Crippen molar-refractivity contribution >= 4 is 17.0 Å². The fourth-order valence-corrected chi connectivity index (χ4v) is 3.17. The number of azo groups is 1. The average Bonchev–Trinajstić information content (AvgIpc) is 3.01. The molecule has 0 aromatic heterocycles. The van der Waals surface area contributed by atoms with Crippen LogP contribution in [0.2, 0.25) is 0 Å². The molecule has 0 saturated carbocycles. The normalized spacial score (nSPS) is 22.2. The molecule has 2 aliphatic rings. The van der Waals surface area contributed by atoms with Crippen LogP contribution in [0.25, 0.3) is 0 Å². The minimum atomic E-state index is -2.31. The van der Waals surface area contributed by atoms with Crippen LogP contribution in [0.5, 0.6) is 0 Å². The average molecular weight is 363 g/mol. The molecule has 2 heterocycles. The van der Waals surface area contributed by atoms with E-state index in [9.17, 15) is 17.9 Å². The molecule has 132 valence electrons. The van der Waals surface area contributed by atoms with Crippen LogP contribution in [0.15, 0.2) is 52.5 Å². The Morgan fingerprint density at radius 2 is 2.24 bits per heavy atom. The lowest BCUT2D eigenvalue weighted by atomic mass is 9.91. The maximum atomic E-state index is 13.9. The maximum absolute atomic E-state index is 13.9. The van der Waals surface area contributed by atoms with E-state index in [0.717, 1.165) is 0 Å². The lowest BCUT2D eigenvalue weighted by molar-refractivity contribution is 0.102. The third-order valence-electron chi connectivity index (χ3n) is 4.00.